The normalized spacial score (nSPS) is 40.6. The molecule has 0 unspecified atom stereocenters. The maximum absolute atomic E-state index is 11.1. The summed E-state index contributed by atoms with van der Waals surface area (Å²) >= 11 is 0. The summed E-state index contributed by atoms with van der Waals surface area (Å²) in [5, 5.41) is 0. The van der Waals surface area contributed by atoms with E-state index >= 15 is 0 Å². The minimum Gasteiger partial charge on any atom is -0.361 e. The Kier molecular flexibility index (Phi) is 0.902. The van der Waals surface area contributed by atoms with Crippen LogP contribution >= 0.6 is 0 Å². The summed E-state index contributed by atoms with van der Waals surface area (Å²) in [6.45, 7) is 0. The lowest BCUT2D eigenvalue weighted by molar-refractivity contribution is -0.157. The van der Waals surface area contributed by atoms with E-state index < -0.39 is 0 Å². The van der Waals surface area contributed by atoms with Crippen LogP contribution in [-0.2, 0) is 4.79 Å². The highest BCUT2D eigenvalue weighted by Gasteiger charge is 2.61. The van der Waals surface area contributed by atoms with Gasteiger partial charge in [0.15, 0.2) is 0 Å². The van der Waals surface area contributed by atoms with Crippen LogP contribution in [0.1, 0.15) is 19.3 Å². The second-order valence-corrected chi connectivity index (χ2v) is 3.37. The van der Waals surface area contributed by atoms with Crippen molar-refractivity contribution in [3.8, 4) is 0 Å². The fourth-order valence-electron chi connectivity index (χ4n) is 1.97. The van der Waals surface area contributed by atoms with Gasteiger partial charge >= 0.3 is 6.21 Å². The average molecular weight is 136 g/mol. The number of rotatable bonds is 2. The van der Waals surface area contributed by atoms with Crippen LogP contribution in [0.25, 0.3) is 5.53 Å². The highest BCUT2D eigenvalue weighted by molar-refractivity contribution is 6.28. The number of carbonyl (C=O) groups excluding carboxylic acids is 1. The largest absolute Gasteiger partial charge is 0.361 e. The first-order chi connectivity index (χ1) is 4.77. The van der Waals surface area contributed by atoms with Crippen LogP contribution in [0.15, 0.2) is 0 Å². The fourth-order valence-corrected chi connectivity index (χ4v) is 1.97. The van der Waals surface area contributed by atoms with E-state index in [1.54, 1.807) is 0 Å². The van der Waals surface area contributed by atoms with Crippen molar-refractivity contribution in [1.29, 1.82) is 0 Å². The van der Waals surface area contributed by atoms with E-state index in [9.17, 15) is 4.79 Å². The van der Waals surface area contributed by atoms with E-state index in [1.807, 2.05) is 0 Å². The first kappa shape index (κ1) is 5.81. The Morgan fingerprint density at radius 2 is 2.20 bits per heavy atom. The van der Waals surface area contributed by atoms with E-state index in [1.165, 1.54) is 0 Å². The molecular formula is C7H8N2O. The van der Waals surface area contributed by atoms with Crippen molar-refractivity contribution in [2.75, 3.05) is 0 Å². The summed E-state index contributed by atoms with van der Waals surface area (Å²) in [6, 6.07) is 0. The molecule has 3 saturated carbocycles. The van der Waals surface area contributed by atoms with E-state index in [0.717, 1.165) is 31.4 Å². The van der Waals surface area contributed by atoms with Crippen molar-refractivity contribution in [2.24, 2.45) is 11.3 Å². The summed E-state index contributed by atoms with van der Waals surface area (Å²) in [6.07, 6.45) is 4.11. The predicted molar refractivity (Wildman–Crippen MR) is 34.5 cm³/mol. The van der Waals surface area contributed by atoms with Gasteiger partial charge in [-0.25, -0.2) is 0 Å². The van der Waals surface area contributed by atoms with Crippen molar-refractivity contribution in [1.82, 2.24) is 0 Å². The number of carbonyl (C=O) groups is 1. The van der Waals surface area contributed by atoms with Gasteiger partial charge in [0, 0.05) is 5.41 Å². The van der Waals surface area contributed by atoms with Crippen LogP contribution < -0.4 is 0 Å². The summed E-state index contributed by atoms with van der Waals surface area (Å²) in [7, 11) is 0. The highest BCUT2D eigenvalue weighted by Crippen LogP contribution is 2.64. The van der Waals surface area contributed by atoms with Crippen LogP contribution in [0.2, 0.25) is 0 Å². The number of ketones is 1. The van der Waals surface area contributed by atoms with Crippen molar-refractivity contribution in [2.45, 2.75) is 19.3 Å². The number of Topliss-reactive ketones (excluding diaryl/α,β-unsaturated/α-hetero) is 1. The van der Waals surface area contributed by atoms with Crippen LogP contribution in [0.3, 0.4) is 0 Å². The molecule has 10 heavy (non-hydrogen) atoms. The van der Waals surface area contributed by atoms with Gasteiger partial charge in [-0.15, -0.1) is 0 Å². The van der Waals surface area contributed by atoms with Crippen molar-refractivity contribution in [3.05, 3.63) is 5.53 Å². The second kappa shape index (κ2) is 1.55. The van der Waals surface area contributed by atoms with Gasteiger partial charge in [-0.2, -0.15) is 4.79 Å². The molecule has 0 aliphatic heterocycles. The Morgan fingerprint density at radius 3 is 2.50 bits per heavy atom. The monoisotopic (exact) mass is 136 g/mol. The molecule has 3 heteroatoms. The SMILES string of the molecule is [N-]=[N+]=CC(=O)C12CC(C1)C2. The summed E-state index contributed by atoms with van der Waals surface area (Å²) in [5.41, 5.74) is 8.01. The lowest BCUT2D eigenvalue weighted by Gasteiger charge is -2.59. The zero-order valence-electron chi connectivity index (χ0n) is 5.58. The first-order valence-corrected chi connectivity index (χ1v) is 3.49. The van der Waals surface area contributed by atoms with Crippen LogP contribution in [-0.4, -0.2) is 16.8 Å². The Hall–Kier alpha value is -0.950. The molecule has 3 aliphatic rings. The smallest absolute Gasteiger partial charge is 0.323 e. The number of nitrogens with zero attached hydrogens (tertiary/aromatic N) is 2. The molecule has 3 rings (SSSR count). The summed E-state index contributed by atoms with van der Waals surface area (Å²) in [5.74, 6) is 0.813. The van der Waals surface area contributed by atoms with E-state index in [2.05, 4.69) is 4.79 Å². The lowest BCUT2D eigenvalue weighted by atomic mass is 9.43. The van der Waals surface area contributed by atoms with Gasteiger partial charge in [0.1, 0.15) is 0 Å². The van der Waals surface area contributed by atoms with Gasteiger partial charge in [0.05, 0.1) is 0 Å². The molecule has 0 atom stereocenters. The minimum atomic E-state index is -0.0725. The molecule has 3 aliphatic carbocycles. The standard InChI is InChI=1S/C7H8N2O/c8-9-4-6(10)7-1-5(2-7)3-7/h4-5H,1-3H2. The van der Waals surface area contributed by atoms with Gasteiger partial charge in [0.25, 0.3) is 0 Å². The molecule has 0 amide bonds. The molecule has 3 nitrogen and oxygen atoms in total. The molecule has 0 saturated heterocycles. The average Bonchev–Trinajstić information content (AvgIpc) is 1.56. The number of hydrogen-bond acceptors (Lipinski definition) is 1. The topological polar surface area (TPSA) is 53.5 Å². The summed E-state index contributed by atoms with van der Waals surface area (Å²) in [4.78, 5) is 13.8. The van der Waals surface area contributed by atoms with Gasteiger partial charge in [-0.3, -0.25) is 4.79 Å². The van der Waals surface area contributed by atoms with Gasteiger partial charge in [0.2, 0.25) is 5.78 Å². The lowest BCUT2D eigenvalue weighted by Crippen LogP contribution is -2.57. The van der Waals surface area contributed by atoms with Gasteiger partial charge in [-0.05, 0) is 25.2 Å². The zero-order valence-corrected chi connectivity index (χ0v) is 5.58. The van der Waals surface area contributed by atoms with Crippen LogP contribution in [0.4, 0.5) is 0 Å². The third-order valence-corrected chi connectivity index (χ3v) is 2.74. The third-order valence-electron chi connectivity index (χ3n) is 2.74. The maximum atomic E-state index is 11.1. The molecule has 0 aromatic heterocycles. The molecule has 52 valence electrons. The Morgan fingerprint density at radius 1 is 1.60 bits per heavy atom. The minimum absolute atomic E-state index is 0.0116. The van der Waals surface area contributed by atoms with E-state index in [0.29, 0.717) is 0 Å². The van der Waals surface area contributed by atoms with Gasteiger partial charge in [-0.1, -0.05) is 0 Å². The zero-order chi connectivity index (χ0) is 7.19. The molecule has 0 aromatic rings. The van der Waals surface area contributed by atoms with Crippen molar-refractivity contribution >= 4 is 12.0 Å². The molecule has 3 fully saturated rings. The molecular weight excluding hydrogens is 128 g/mol. The highest BCUT2D eigenvalue weighted by atomic mass is 16.1. The van der Waals surface area contributed by atoms with Crippen molar-refractivity contribution in [3.63, 3.8) is 0 Å². The van der Waals surface area contributed by atoms with Crippen LogP contribution in [0.5, 0.6) is 0 Å². The molecule has 0 N–H and O–H groups in total. The molecule has 0 heterocycles. The second-order valence-electron chi connectivity index (χ2n) is 3.37. The fraction of sp³-hybridized carbons (Fsp3) is 0.714. The number of hydrogen-bond donors (Lipinski definition) is 0. The predicted octanol–water partition coefficient (Wildman–Crippen LogP) is 0.656. The molecule has 0 aromatic carbocycles. The molecule has 0 radical (unpaired) electrons. The third kappa shape index (κ3) is 0.486. The quantitative estimate of drug-likeness (QED) is 0.312. The first-order valence-electron chi connectivity index (χ1n) is 3.49. The van der Waals surface area contributed by atoms with Crippen molar-refractivity contribution < 1.29 is 9.58 Å². The molecule has 2 bridgehead atoms. The van der Waals surface area contributed by atoms with Crippen LogP contribution in [0, 0.1) is 11.3 Å². The van der Waals surface area contributed by atoms with E-state index in [4.69, 9.17) is 5.53 Å². The Labute approximate surface area is 58.7 Å². The van der Waals surface area contributed by atoms with Gasteiger partial charge < -0.3 is 5.53 Å². The molecule has 0 spiro atoms. The Balaban J connectivity index is 2.11. The maximum Gasteiger partial charge on any atom is 0.323 e. The van der Waals surface area contributed by atoms with E-state index in [-0.39, 0.29) is 11.2 Å². The Bertz CT molecular complexity index is 223. The summed E-state index contributed by atoms with van der Waals surface area (Å²) < 4.78 is 0.